The Balaban J connectivity index is 2.36. The van der Waals surface area contributed by atoms with Crippen molar-refractivity contribution in [1.29, 1.82) is 0 Å². The molecule has 0 atom stereocenters. The second kappa shape index (κ2) is 3.02. The maximum absolute atomic E-state index is 12.5. The van der Waals surface area contributed by atoms with E-state index in [4.69, 9.17) is 10.2 Å². The molecule has 0 aliphatic heterocycles. The van der Waals surface area contributed by atoms with Gasteiger partial charge >= 0.3 is 0 Å². The highest BCUT2D eigenvalue weighted by Gasteiger charge is 2.44. The van der Waals surface area contributed by atoms with Gasteiger partial charge in [-0.2, -0.15) is 0 Å². The molecule has 0 unspecified atom stereocenters. The summed E-state index contributed by atoms with van der Waals surface area (Å²) in [4.78, 5) is 3.82. The van der Waals surface area contributed by atoms with Gasteiger partial charge in [-0.3, -0.25) is 0 Å². The van der Waals surface area contributed by atoms with Gasteiger partial charge in [0.2, 0.25) is 5.89 Å². The smallest absolute Gasteiger partial charge is 0.283 e. The lowest BCUT2D eigenvalue weighted by Crippen LogP contribution is -2.00. The second-order valence-electron chi connectivity index (χ2n) is 3.89. The van der Waals surface area contributed by atoms with Gasteiger partial charge in [-0.15, -0.1) is 0 Å². The van der Waals surface area contributed by atoms with E-state index in [9.17, 15) is 8.78 Å². The number of nitrogens with two attached hydrogens (primary N) is 1. The summed E-state index contributed by atoms with van der Waals surface area (Å²) in [6, 6.07) is 0. The summed E-state index contributed by atoms with van der Waals surface area (Å²) in [7, 11) is 0. The normalized spacial score (nSPS) is 18.9. The van der Waals surface area contributed by atoms with Crippen molar-refractivity contribution in [3.63, 3.8) is 0 Å². The van der Waals surface area contributed by atoms with Crippen LogP contribution in [-0.4, -0.2) is 4.98 Å². The number of hydrogen-bond donors (Lipinski definition) is 1. The van der Waals surface area contributed by atoms with Gasteiger partial charge in [-0.1, -0.05) is 6.92 Å². The van der Waals surface area contributed by atoms with Crippen LogP contribution < -0.4 is 5.73 Å². The standard InChI is InChI=1S/C9H12F2N2O/c1-9(2-3-9)8-13-6(7(10)11)5(4-12)14-8/h7H,2-4,12H2,1H3. The first-order valence-electron chi connectivity index (χ1n) is 4.55. The van der Waals surface area contributed by atoms with E-state index in [0.29, 0.717) is 5.89 Å². The summed E-state index contributed by atoms with van der Waals surface area (Å²) in [6.45, 7) is 1.93. The van der Waals surface area contributed by atoms with Crippen LogP contribution in [0.15, 0.2) is 4.42 Å². The van der Waals surface area contributed by atoms with E-state index in [1.54, 1.807) is 0 Å². The molecule has 0 bridgehead atoms. The van der Waals surface area contributed by atoms with Gasteiger partial charge in [0.15, 0.2) is 0 Å². The number of hydrogen-bond acceptors (Lipinski definition) is 3. The minimum atomic E-state index is -2.60. The minimum absolute atomic E-state index is 0.0250. The fourth-order valence-corrected chi connectivity index (χ4v) is 1.34. The predicted molar refractivity (Wildman–Crippen MR) is 45.9 cm³/mol. The first kappa shape index (κ1) is 9.58. The Morgan fingerprint density at radius 3 is 2.57 bits per heavy atom. The topological polar surface area (TPSA) is 52.0 Å². The highest BCUT2D eigenvalue weighted by Crippen LogP contribution is 2.47. The highest BCUT2D eigenvalue weighted by molar-refractivity contribution is 5.19. The molecule has 0 saturated heterocycles. The van der Waals surface area contributed by atoms with Gasteiger partial charge in [0.1, 0.15) is 11.5 Å². The van der Waals surface area contributed by atoms with E-state index in [1.807, 2.05) is 6.92 Å². The van der Waals surface area contributed by atoms with Crippen LogP contribution in [0.5, 0.6) is 0 Å². The number of oxazole rings is 1. The molecule has 78 valence electrons. The maximum atomic E-state index is 12.5. The zero-order valence-electron chi connectivity index (χ0n) is 7.89. The summed E-state index contributed by atoms with van der Waals surface area (Å²) in [6.07, 6.45) is -0.714. The Morgan fingerprint density at radius 1 is 1.57 bits per heavy atom. The number of aromatic nitrogens is 1. The van der Waals surface area contributed by atoms with E-state index in [-0.39, 0.29) is 23.4 Å². The zero-order chi connectivity index (χ0) is 10.3. The Bertz CT molecular complexity index is 345. The summed E-state index contributed by atoms with van der Waals surface area (Å²) in [5, 5.41) is 0. The molecule has 5 heteroatoms. The SMILES string of the molecule is CC1(c2nc(C(F)F)c(CN)o2)CC1. The lowest BCUT2D eigenvalue weighted by Gasteiger charge is -1.99. The summed E-state index contributed by atoms with van der Waals surface area (Å²) < 4.78 is 30.2. The summed E-state index contributed by atoms with van der Waals surface area (Å²) in [5.74, 6) is 0.524. The van der Waals surface area contributed by atoms with E-state index < -0.39 is 6.43 Å². The van der Waals surface area contributed by atoms with Crippen LogP contribution in [0.1, 0.15) is 43.5 Å². The molecule has 0 spiro atoms. The van der Waals surface area contributed by atoms with Gasteiger partial charge < -0.3 is 10.2 Å². The molecule has 14 heavy (non-hydrogen) atoms. The molecule has 1 saturated carbocycles. The number of nitrogens with zero attached hydrogens (tertiary/aromatic N) is 1. The molecule has 1 aliphatic carbocycles. The largest absolute Gasteiger partial charge is 0.443 e. The third kappa shape index (κ3) is 1.41. The Kier molecular flexibility index (Phi) is 2.06. The van der Waals surface area contributed by atoms with Crippen molar-refractivity contribution >= 4 is 0 Å². The third-order valence-electron chi connectivity index (χ3n) is 2.64. The van der Waals surface area contributed by atoms with Gasteiger partial charge in [-0.05, 0) is 12.8 Å². The summed E-state index contributed by atoms with van der Waals surface area (Å²) >= 11 is 0. The molecule has 0 radical (unpaired) electrons. The van der Waals surface area contributed by atoms with Crippen molar-refractivity contribution in [2.45, 2.75) is 38.2 Å². The first-order chi connectivity index (χ1) is 6.57. The molecule has 3 nitrogen and oxygen atoms in total. The Hall–Kier alpha value is -0.970. The van der Waals surface area contributed by atoms with Gasteiger partial charge in [0, 0.05) is 5.41 Å². The van der Waals surface area contributed by atoms with Gasteiger partial charge in [-0.25, -0.2) is 13.8 Å². The maximum Gasteiger partial charge on any atom is 0.283 e. The first-order valence-corrected chi connectivity index (χ1v) is 4.55. The zero-order valence-corrected chi connectivity index (χ0v) is 7.89. The average molecular weight is 202 g/mol. The second-order valence-corrected chi connectivity index (χ2v) is 3.89. The van der Waals surface area contributed by atoms with Crippen LogP contribution >= 0.6 is 0 Å². The van der Waals surface area contributed by atoms with Crippen molar-refractivity contribution in [3.8, 4) is 0 Å². The molecular weight excluding hydrogens is 190 g/mol. The number of alkyl halides is 2. The minimum Gasteiger partial charge on any atom is -0.443 e. The van der Waals surface area contributed by atoms with Crippen molar-refractivity contribution in [2.75, 3.05) is 0 Å². The van der Waals surface area contributed by atoms with Crippen LogP contribution in [0.25, 0.3) is 0 Å². The number of rotatable bonds is 3. The highest BCUT2D eigenvalue weighted by atomic mass is 19.3. The van der Waals surface area contributed by atoms with Crippen molar-refractivity contribution in [2.24, 2.45) is 5.73 Å². The molecule has 0 amide bonds. The summed E-state index contributed by atoms with van der Waals surface area (Å²) in [5.41, 5.74) is 4.87. The fraction of sp³-hybridized carbons (Fsp3) is 0.667. The lowest BCUT2D eigenvalue weighted by atomic mass is 10.1. The fourth-order valence-electron chi connectivity index (χ4n) is 1.34. The van der Waals surface area contributed by atoms with Crippen LogP contribution in [0.4, 0.5) is 8.78 Å². The lowest BCUT2D eigenvalue weighted by molar-refractivity contribution is 0.144. The number of halogens is 2. The monoisotopic (exact) mass is 202 g/mol. The molecule has 2 N–H and O–H groups in total. The molecular formula is C9H12F2N2O. The van der Waals surface area contributed by atoms with Crippen LogP contribution in [0.2, 0.25) is 0 Å². The Labute approximate surface area is 80.3 Å². The van der Waals surface area contributed by atoms with E-state index >= 15 is 0 Å². The van der Waals surface area contributed by atoms with Crippen LogP contribution in [0.3, 0.4) is 0 Å². The molecule has 2 rings (SSSR count). The third-order valence-corrected chi connectivity index (χ3v) is 2.64. The van der Waals surface area contributed by atoms with Crippen LogP contribution in [-0.2, 0) is 12.0 Å². The van der Waals surface area contributed by atoms with Crippen LogP contribution in [0, 0.1) is 0 Å². The van der Waals surface area contributed by atoms with Crippen molar-refractivity contribution in [3.05, 3.63) is 17.3 Å². The van der Waals surface area contributed by atoms with Gasteiger partial charge in [0.05, 0.1) is 6.54 Å². The average Bonchev–Trinajstić information content (AvgIpc) is 2.74. The van der Waals surface area contributed by atoms with E-state index in [2.05, 4.69) is 4.98 Å². The van der Waals surface area contributed by atoms with Crippen molar-refractivity contribution in [1.82, 2.24) is 4.98 Å². The molecule has 1 aromatic rings. The molecule has 1 aliphatic rings. The van der Waals surface area contributed by atoms with E-state index in [1.165, 1.54) is 0 Å². The predicted octanol–water partition coefficient (Wildman–Crippen LogP) is 2.12. The Morgan fingerprint density at radius 2 is 2.21 bits per heavy atom. The molecule has 0 aromatic carbocycles. The quantitative estimate of drug-likeness (QED) is 0.816. The van der Waals surface area contributed by atoms with Gasteiger partial charge in [0.25, 0.3) is 6.43 Å². The molecule has 1 fully saturated rings. The molecule has 1 aromatic heterocycles. The van der Waals surface area contributed by atoms with E-state index in [0.717, 1.165) is 12.8 Å². The van der Waals surface area contributed by atoms with Crippen molar-refractivity contribution < 1.29 is 13.2 Å². The molecule has 1 heterocycles.